The summed E-state index contributed by atoms with van der Waals surface area (Å²) in [6, 6.07) is 13.9. The van der Waals surface area contributed by atoms with Crippen LogP contribution in [0.15, 0.2) is 76.6 Å². The van der Waals surface area contributed by atoms with Gasteiger partial charge >= 0.3 is 12.1 Å². The third kappa shape index (κ3) is 5.76. The molecule has 3 aromatic carbocycles. The Balaban J connectivity index is 1.91. The monoisotopic (exact) mass is 540 g/mol. The van der Waals surface area contributed by atoms with Crippen molar-refractivity contribution in [1.82, 2.24) is 9.66 Å². The van der Waals surface area contributed by atoms with Gasteiger partial charge in [0.25, 0.3) is 11.2 Å². The van der Waals surface area contributed by atoms with Gasteiger partial charge in [0.05, 0.1) is 34.7 Å². The summed E-state index contributed by atoms with van der Waals surface area (Å²) >= 11 is 0. The fourth-order valence-electron chi connectivity index (χ4n) is 3.63. The zero-order chi connectivity index (χ0) is 28.3. The predicted molar refractivity (Wildman–Crippen MR) is 135 cm³/mol. The molecule has 0 radical (unpaired) electrons. The number of hydrogen-bond donors (Lipinski definition) is 0. The van der Waals surface area contributed by atoms with Gasteiger partial charge in [0, 0.05) is 23.3 Å². The molecule has 0 N–H and O–H groups in total. The molecule has 1 atom stereocenters. The molecule has 0 spiro atoms. The molecule has 10 nitrogen and oxygen atoms in total. The van der Waals surface area contributed by atoms with Crippen LogP contribution in [-0.2, 0) is 15.7 Å². The molecular formula is C26H19F3N4O6. The van der Waals surface area contributed by atoms with Crippen molar-refractivity contribution < 1.29 is 32.4 Å². The lowest BCUT2D eigenvalue weighted by Gasteiger charge is -2.14. The Kier molecular flexibility index (Phi) is 7.42. The largest absolute Gasteiger partial charge is 0.478 e. The molecule has 1 heterocycles. The Bertz CT molecular complexity index is 1670. The number of hydrogen-bond acceptors (Lipinski definition) is 8. The molecule has 13 heteroatoms. The van der Waals surface area contributed by atoms with E-state index in [0.717, 1.165) is 42.3 Å². The number of para-hydroxylation sites is 1. The van der Waals surface area contributed by atoms with Gasteiger partial charge in [-0.1, -0.05) is 24.3 Å². The van der Waals surface area contributed by atoms with Crippen LogP contribution >= 0.6 is 0 Å². The summed E-state index contributed by atoms with van der Waals surface area (Å²) in [5.41, 5.74) is -1.79. The smallest absolute Gasteiger partial charge is 0.416 e. The number of aromatic nitrogens is 2. The second-order valence-electron chi connectivity index (χ2n) is 8.16. The minimum atomic E-state index is -4.65. The number of nitro groups is 1. The summed E-state index contributed by atoms with van der Waals surface area (Å²) in [5, 5.41) is 15.6. The molecule has 0 aliphatic rings. The van der Waals surface area contributed by atoms with Gasteiger partial charge in [0.15, 0.2) is 11.9 Å². The van der Waals surface area contributed by atoms with E-state index in [1.54, 1.807) is 12.1 Å². The van der Waals surface area contributed by atoms with Crippen LogP contribution in [0.1, 0.15) is 18.1 Å². The number of fused-ring (bicyclic) bond motifs is 1. The van der Waals surface area contributed by atoms with E-state index in [9.17, 15) is 32.9 Å². The van der Waals surface area contributed by atoms with E-state index in [-0.39, 0.29) is 39.3 Å². The molecule has 0 aliphatic heterocycles. The Morgan fingerprint density at radius 1 is 1.13 bits per heavy atom. The zero-order valence-corrected chi connectivity index (χ0v) is 20.4. The van der Waals surface area contributed by atoms with Gasteiger partial charge in [0.2, 0.25) is 0 Å². The van der Waals surface area contributed by atoms with Crippen LogP contribution in [0.25, 0.3) is 22.3 Å². The predicted octanol–water partition coefficient (Wildman–Crippen LogP) is 4.81. The molecule has 0 bridgehead atoms. The first-order valence-corrected chi connectivity index (χ1v) is 11.3. The van der Waals surface area contributed by atoms with Crippen molar-refractivity contribution in [2.24, 2.45) is 5.10 Å². The quantitative estimate of drug-likeness (QED) is 0.142. The minimum Gasteiger partial charge on any atom is -0.478 e. The van der Waals surface area contributed by atoms with E-state index in [0.29, 0.717) is 0 Å². The second kappa shape index (κ2) is 10.7. The molecule has 200 valence electrons. The van der Waals surface area contributed by atoms with Crippen molar-refractivity contribution in [2.75, 3.05) is 7.11 Å². The van der Waals surface area contributed by atoms with Crippen molar-refractivity contribution >= 4 is 28.8 Å². The molecule has 1 aromatic heterocycles. The molecule has 0 amide bonds. The lowest BCUT2D eigenvalue weighted by molar-refractivity contribution is -0.384. The summed E-state index contributed by atoms with van der Waals surface area (Å²) in [6.07, 6.45) is -4.68. The fourth-order valence-corrected chi connectivity index (χ4v) is 3.63. The Labute approximate surface area is 218 Å². The van der Waals surface area contributed by atoms with E-state index >= 15 is 0 Å². The number of halogens is 3. The summed E-state index contributed by atoms with van der Waals surface area (Å²) < 4.78 is 51.2. The van der Waals surface area contributed by atoms with Gasteiger partial charge in [0.1, 0.15) is 5.75 Å². The van der Waals surface area contributed by atoms with Gasteiger partial charge in [-0.25, -0.2) is 9.78 Å². The molecule has 39 heavy (non-hydrogen) atoms. The molecule has 0 aliphatic carbocycles. The molecule has 0 unspecified atom stereocenters. The van der Waals surface area contributed by atoms with Crippen molar-refractivity contribution in [3.63, 3.8) is 0 Å². The van der Waals surface area contributed by atoms with Crippen LogP contribution in [0.3, 0.4) is 0 Å². The van der Waals surface area contributed by atoms with Crippen LogP contribution in [0.4, 0.5) is 18.9 Å². The summed E-state index contributed by atoms with van der Waals surface area (Å²) in [7, 11) is 1.16. The van der Waals surface area contributed by atoms with Gasteiger partial charge in [-0.05, 0) is 37.3 Å². The highest BCUT2D eigenvalue weighted by atomic mass is 19.4. The first-order valence-electron chi connectivity index (χ1n) is 11.3. The first kappa shape index (κ1) is 27.0. The van der Waals surface area contributed by atoms with Crippen LogP contribution in [-0.4, -0.2) is 40.0 Å². The maximum Gasteiger partial charge on any atom is 0.416 e. The number of carbonyl (C=O) groups is 1. The maximum absolute atomic E-state index is 13.4. The highest BCUT2D eigenvalue weighted by Gasteiger charge is 2.31. The Morgan fingerprint density at radius 2 is 1.87 bits per heavy atom. The van der Waals surface area contributed by atoms with Gasteiger partial charge < -0.3 is 9.47 Å². The number of non-ortho nitro benzene ring substituents is 1. The lowest BCUT2D eigenvalue weighted by atomic mass is 10.1. The molecule has 4 aromatic rings. The van der Waals surface area contributed by atoms with Crippen molar-refractivity contribution in [3.8, 4) is 17.1 Å². The molecule has 0 saturated carbocycles. The number of nitrogens with zero attached hydrogens (tertiary/aromatic N) is 4. The number of ether oxygens (including phenoxy) is 2. The number of nitro benzene ring substituents is 1. The van der Waals surface area contributed by atoms with Crippen LogP contribution in [0.5, 0.6) is 5.75 Å². The summed E-state index contributed by atoms with van der Waals surface area (Å²) in [5.74, 6) is -0.903. The van der Waals surface area contributed by atoms with Crippen molar-refractivity contribution in [2.45, 2.75) is 19.2 Å². The van der Waals surface area contributed by atoms with Crippen LogP contribution in [0, 0.1) is 10.1 Å². The highest BCUT2D eigenvalue weighted by Crippen LogP contribution is 2.32. The minimum absolute atomic E-state index is 0.00432. The number of rotatable bonds is 7. The van der Waals surface area contributed by atoms with Crippen molar-refractivity contribution in [3.05, 3.63) is 98.3 Å². The van der Waals surface area contributed by atoms with E-state index < -0.39 is 34.3 Å². The number of carbonyl (C=O) groups excluding carboxylic acids is 1. The molecule has 4 rings (SSSR count). The SMILES string of the molecule is COC(=O)[C@H](C)Oc1ccc([N+](=O)[O-])cc1C=Nn1c(-c2cccc(C(F)(F)F)c2)nc2ccccc2c1=O. The highest BCUT2D eigenvalue weighted by molar-refractivity contribution is 5.86. The van der Waals surface area contributed by atoms with Gasteiger partial charge in [-0.2, -0.15) is 22.9 Å². The zero-order valence-electron chi connectivity index (χ0n) is 20.4. The molecule has 0 fully saturated rings. The standard InChI is InChI=1S/C26H19F3N4O6/c1-15(25(35)38-2)39-22-11-10-19(33(36)37)13-17(22)14-30-32-23(16-6-5-7-18(12-16)26(27,28)29)31-21-9-4-3-8-20(21)24(32)34/h3-15H,1-2H3/t15-/m0/s1. The van der Waals surface area contributed by atoms with Gasteiger partial charge in [-0.3, -0.25) is 14.9 Å². The average Bonchev–Trinajstić information content (AvgIpc) is 2.92. The topological polar surface area (TPSA) is 126 Å². The normalized spacial score (nSPS) is 12.4. The Morgan fingerprint density at radius 3 is 2.56 bits per heavy atom. The van der Waals surface area contributed by atoms with Crippen LogP contribution < -0.4 is 10.3 Å². The summed E-state index contributed by atoms with van der Waals surface area (Å²) in [6.45, 7) is 1.40. The number of methoxy groups -OCH3 is 1. The number of alkyl halides is 3. The second-order valence-corrected chi connectivity index (χ2v) is 8.16. The third-order valence-electron chi connectivity index (χ3n) is 5.56. The van der Waals surface area contributed by atoms with E-state index in [1.807, 2.05) is 0 Å². The third-order valence-corrected chi connectivity index (χ3v) is 5.56. The van der Waals surface area contributed by atoms with Gasteiger partial charge in [-0.15, -0.1) is 0 Å². The van der Waals surface area contributed by atoms with E-state index in [2.05, 4.69) is 14.8 Å². The van der Waals surface area contributed by atoms with E-state index in [1.165, 1.54) is 37.3 Å². The number of esters is 1. The molecular weight excluding hydrogens is 521 g/mol. The van der Waals surface area contributed by atoms with Crippen LogP contribution in [0.2, 0.25) is 0 Å². The fraction of sp³-hybridized carbons (Fsp3) is 0.154. The van der Waals surface area contributed by atoms with E-state index in [4.69, 9.17) is 4.74 Å². The molecule has 0 saturated heterocycles. The Hall–Kier alpha value is -5.07. The maximum atomic E-state index is 13.4. The lowest BCUT2D eigenvalue weighted by Crippen LogP contribution is -2.25. The number of benzene rings is 3. The average molecular weight is 540 g/mol. The summed E-state index contributed by atoms with van der Waals surface area (Å²) in [4.78, 5) is 40.3. The van der Waals surface area contributed by atoms with Crippen molar-refractivity contribution in [1.29, 1.82) is 0 Å². The first-order chi connectivity index (χ1) is 18.5.